The van der Waals surface area contributed by atoms with E-state index in [0.29, 0.717) is 37.1 Å². The second kappa shape index (κ2) is 19.8. The molecule has 1 aliphatic carbocycles. The van der Waals surface area contributed by atoms with Gasteiger partial charge < -0.3 is 20.0 Å². The van der Waals surface area contributed by atoms with Crippen LogP contribution < -0.4 is 4.90 Å². The Kier molecular flexibility index (Phi) is 13.9. The van der Waals surface area contributed by atoms with E-state index in [0.717, 1.165) is 35.6 Å². The third-order valence-electron chi connectivity index (χ3n) is 9.78. The third kappa shape index (κ3) is 9.77. The smallest absolute Gasteiger partial charge is 0.335 e. The molecule has 12 nitrogen and oxygen atoms in total. The SMILES string of the molecule is [C-]#[N+]/C(C#N)=C(/C(C#N)=C/C=C/C1=C(N2CCN(c3ccccc3)CC2)C(=C/C=C/C(C#N)=C(\c2ccc(C(=O)O)cc2)C(C#N)C#N)/CC1)c1ccc(C(=O)O)cc1. The van der Waals surface area contributed by atoms with Gasteiger partial charge in [0, 0.05) is 48.7 Å². The number of carboxylic acid groups (broad SMARTS) is 2. The van der Waals surface area contributed by atoms with Crippen LogP contribution in [0.1, 0.15) is 44.7 Å². The summed E-state index contributed by atoms with van der Waals surface area (Å²) >= 11 is 0. The summed E-state index contributed by atoms with van der Waals surface area (Å²) in [6.45, 7) is 10.5. The summed E-state index contributed by atoms with van der Waals surface area (Å²) in [6.07, 6.45) is 11.5. The molecule has 1 saturated heterocycles. The number of anilines is 1. The maximum absolute atomic E-state index is 11.4. The van der Waals surface area contributed by atoms with E-state index in [4.69, 9.17) is 6.57 Å². The number of hydrogen-bond acceptors (Lipinski definition) is 9. The van der Waals surface area contributed by atoms with Crippen LogP contribution in [0.5, 0.6) is 0 Å². The molecule has 0 radical (unpaired) electrons. The molecule has 5 rings (SSSR count). The summed E-state index contributed by atoms with van der Waals surface area (Å²) in [4.78, 5) is 30.8. The minimum Gasteiger partial charge on any atom is -0.478 e. The average molecular weight is 775 g/mol. The Morgan fingerprint density at radius 1 is 0.712 bits per heavy atom. The van der Waals surface area contributed by atoms with Crippen molar-refractivity contribution >= 4 is 28.8 Å². The lowest BCUT2D eigenvalue weighted by atomic mass is 9.89. The van der Waals surface area contributed by atoms with Crippen molar-refractivity contribution in [2.45, 2.75) is 12.8 Å². The van der Waals surface area contributed by atoms with Gasteiger partial charge >= 0.3 is 11.9 Å². The molecule has 3 aromatic carbocycles. The number of rotatable bonds is 12. The van der Waals surface area contributed by atoms with E-state index in [9.17, 15) is 46.1 Å². The monoisotopic (exact) mass is 774 g/mol. The molecule has 0 amide bonds. The minimum atomic E-state index is -1.29. The Bertz CT molecular complexity index is 2580. The van der Waals surface area contributed by atoms with Crippen LogP contribution in [0.2, 0.25) is 0 Å². The van der Waals surface area contributed by atoms with Gasteiger partial charge in [0.15, 0.2) is 5.92 Å². The van der Waals surface area contributed by atoms with Gasteiger partial charge in [-0.2, -0.15) is 21.0 Å². The molecular weight excluding hydrogens is 741 g/mol. The first-order chi connectivity index (χ1) is 28.7. The lowest BCUT2D eigenvalue weighted by Crippen LogP contribution is -2.46. The number of piperazine rings is 1. The molecule has 59 heavy (non-hydrogen) atoms. The quantitative estimate of drug-likeness (QED) is 0.102. The first-order valence-electron chi connectivity index (χ1n) is 18.2. The summed E-state index contributed by atoms with van der Waals surface area (Å²) < 4.78 is 0. The van der Waals surface area contributed by atoms with E-state index in [-0.39, 0.29) is 39.1 Å². The summed E-state index contributed by atoms with van der Waals surface area (Å²) in [5.41, 5.74) is 4.85. The minimum absolute atomic E-state index is 0.0157. The highest BCUT2D eigenvalue weighted by Gasteiger charge is 2.27. The number of hydrogen-bond donors (Lipinski definition) is 2. The predicted octanol–water partition coefficient (Wildman–Crippen LogP) is 8.24. The molecule has 0 unspecified atom stereocenters. The van der Waals surface area contributed by atoms with Crippen molar-refractivity contribution in [3.63, 3.8) is 0 Å². The fourth-order valence-electron chi connectivity index (χ4n) is 6.92. The Balaban J connectivity index is 1.55. The van der Waals surface area contributed by atoms with Crippen LogP contribution in [-0.4, -0.2) is 53.2 Å². The first-order valence-corrected chi connectivity index (χ1v) is 18.2. The maximum atomic E-state index is 11.4. The number of carboxylic acids is 2. The topological polar surface area (TPSA) is 204 Å². The summed E-state index contributed by atoms with van der Waals surface area (Å²) in [5.74, 6) is -3.56. The molecule has 286 valence electrons. The normalized spacial score (nSPS) is 15.8. The lowest BCUT2D eigenvalue weighted by molar-refractivity contribution is 0.0686. The van der Waals surface area contributed by atoms with Gasteiger partial charge in [0.2, 0.25) is 0 Å². The van der Waals surface area contributed by atoms with Gasteiger partial charge in [0.05, 0.1) is 59.2 Å². The van der Waals surface area contributed by atoms with E-state index in [1.807, 2.05) is 48.6 Å². The highest BCUT2D eigenvalue weighted by molar-refractivity contribution is 5.91. The standard InChI is InChI=1S/C47H34N8O4/c1-53-42(31-52)44(33-15-21-37(22-16-33)47(58)59)39(28-49)10-6-8-35-18-17-34(45(35)55-25-23-54(24-26-55)41-11-3-2-4-12-41)7-5-9-38(27-48)43(40(29-50)30-51)32-13-19-36(20-14-32)46(56)57/h2-16,19-22,40H,17-18,23-26H2,(H,56,57)(H,58,59)/b8-6+,9-5+,34-7+,39-10+,43-38-,44-42+. The number of allylic oxidation sites excluding steroid dienone is 13. The van der Waals surface area contributed by atoms with Crippen molar-refractivity contribution in [3.8, 4) is 30.3 Å². The molecule has 0 bridgehead atoms. The number of benzene rings is 3. The molecule has 2 N–H and O–H groups in total. The van der Waals surface area contributed by atoms with Gasteiger partial charge in [-0.1, -0.05) is 66.8 Å². The summed E-state index contributed by atoms with van der Waals surface area (Å²) in [7, 11) is 0. The van der Waals surface area contributed by atoms with Gasteiger partial charge in [0.1, 0.15) is 0 Å². The fourth-order valence-corrected chi connectivity index (χ4v) is 6.92. The van der Waals surface area contributed by atoms with Crippen molar-refractivity contribution < 1.29 is 19.8 Å². The van der Waals surface area contributed by atoms with E-state index >= 15 is 0 Å². The number of aromatic carboxylic acids is 2. The second-order valence-corrected chi connectivity index (χ2v) is 13.1. The lowest BCUT2D eigenvalue weighted by Gasteiger charge is -2.38. The van der Waals surface area contributed by atoms with Crippen molar-refractivity contribution in [2.75, 3.05) is 31.1 Å². The molecule has 0 saturated carbocycles. The average Bonchev–Trinajstić information content (AvgIpc) is 3.68. The maximum Gasteiger partial charge on any atom is 0.335 e. The Morgan fingerprint density at radius 2 is 1.29 bits per heavy atom. The molecule has 3 aromatic rings. The zero-order valence-electron chi connectivity index (χ0n) is 31.6. The molecule has 0 aromatic heterocycles. The van der Waals surface area contributed by atoms with E-state index in [1.165, 1.54) is 60.7 Å². The molecule has 1 heterocycles. The van der Waals surface area contributed by atoms with Crippen LogP contribution in [0.3, 0.4) is 0 Å². The number of para-hydroxylation sites is 1. The zero-order chi connectivity index (χ0) is 42.3. The summed E-state index contributed by atoms with van der Waals surface area (Å²) in [6, 6.07) is 31.3. The Labute approximate surface area is 341 Å². The van der Waals surface area contributed by atoms with Crippen molar-refractivity contribution in [3.05, 3.63) is 183 Å². The molecule has 1 fully saturated rings. The molecule has 0 atom stereocenters. The van der Waals surface area contributed by atoms with E-state index in [2.05, 4.69) is 38.9 Å². The van der Waals surface area contributed by atoms with Crippen LogP contribution in [0.4, 0.5) is 5.69 Å². The van der Waals surface area contributed by atoms with E-state index < -0.39 is 17.9 Å². The third-order valence-corrected chi connectivity index (χ3v) is 9.78. The Hall–Kier alpha value is -8.68. The van der Waals surface area contributed by atoms with Crippen molar-refractivity contribution in [1.82, 2.24) is 4.90 Å². The molecule has 2 aliphatic rings. The number of nitrogens with zero attached hydrogens (tertiary/aromatic N) is 8. The van der Waals surface area contributed by atoms with Crippen LogP contribution in [0, 0.1) is 69.1 Å². The van der Waals surface area contributed by atoms with Crippen LogP contribution in [0.15, 0.2) is 149 Å². The highest BCUT2D eigenvalue weighted by atomic mass is 16.4. The van der Waals surface area contributed by atoms with Gasteiger partial charge in [-0.15, -0.1) is 0 Å². The molecule has 12 heteroatoms. The van der Waals surface area contributed by atoms with Gasteiger partial charge in [0.25, 0.3) is 5.70 Å². The molecule has 0 spiro atoms. The summed E-state index contributed by atoms with van der Waals surface area (Å²) in [5, 5.41) is 68.5. The van der Waals surface area contributed by atoms with Gasteiger partial charge in [-0.3, -0.25) is 0 Å². The van der Waals surface area contributed by atoms with Gasteiger partial charge in [-0.25, -0.2) is 19.7 Å². The van der Waals surface area contributed by atoms with Crippen LogP contribution >= 0.6 is 0 Å². The van der Waals surface area contributed by atoms with E-state index in [1.54, 1.807) is 12.2 Å². The van der Waals surface area contributed by atoms with Crippen molar-refractivity contribution in [1.29, 1.82) is 26.3 Å². The second-order valence-electron chi connectivity index (χ2n) is 13.1. The van der Waals surface area contributed by atoms with Crippen LogP contribution in [-0.2, 0) is 0 Å². The zero-order valence-corrected chi connectivity index (χ0v) is 31.6. The van der Waals surface area contributed by atoms with Gasteiger partial charge in [-0.05, 0) is 83.7 Å². The predicted molar refractivity (Wildman–Crippen MR) is 220 cm³/mol. The number of nitriles is 5. The largest absolute Gasteiger partial charge is 0.478 e. The number of carbonyl (C=O) groups is 2. The molecule has 1 aliphatic heterocycles. The highest BCUT2D eigenvalue weighted by Crippen LogP contribution is 2.37. The van der Waals surface area contributed by atoms with Crippen molar-refractivity contribution in [2.24, 2.45) is 5.92 Å². The van der Waals surface area contributed by atoms with Crippen LogP contribution in [0.25, 0.3) is 16.0 Å². The first kappa shape index (κ1) is 41.5. The Morgan fingerprint density at radius 3 is 1.81 bits per heavy atom. The fraction of sp³-hybridized carbons (Fsp3) is 0.149. The molecular formula is C47H34N8O4.